The Morgan fingerprint density at radius 1 is 0.960 bits per heavy atom. The first-order chi connectivity index (χ1) is 12.2. The molecule has 0 spiro atoms. The fourth-order valence-corrected chi connectivity index (χ4v) is 4.13. The summed E-state index contributed by atoms with van der Waals surface area (Å²) in [4.78, 5) is 14.8. The highest BCUT2D eigenvalue weighted by Crippen LogP contribution is 2.48. The molecule has 2 aromatic rings. The number of hydrogen-bond donors (Lipinski definition) is 1. The predicted octanol–water partition coefficient (Wildman–Crippen LogP) is 3.76. The molecule has 2 aliphatic rings. The van der Waals surface area contributed by atoms with Gasteiger partial charge in [-0.1, -0.05) is 60.7 Å². The van der Waals surface area contributed by atoms with Gasteiger partial charge in [-0.2, -0.15) is 0 Å². The fourth-order valence-electron chi connectivity index (χ4n) is 4.13. The zero-order valence-corrected chi connectivity index (χ0v) is 14.4. The standard InChI is InChI=1S/C22H25NO2/c24-21(17-9-5-2-6-10-17)18-11-13-23(14-12-18)22(25)20-15-19(20)16-7-3-1-4-8-16/h1-10,18-21,24H,11-15H2. The number of piperidine rings is 1. The molecule has 1 saturated heterocycles. The van der Waals surface area contributed by atoms with E-state index in [9.17, 15) is 9.90 Å². The monoisotopic (exact) mass is 335 g/mol. The summed E-state index contributed by atoms with van der Waals surface area (Å²) in [6.07, 6.45) is 2.32. The summed E-state index contributed by atoms with van der Waals surface area (Å²) >= 11 is 0. The number of aliphatic hydroxyl groups is 1. The fraction of sp³-hybridized carbons (Fsp3) is 0.409. The number of amides is 1. The third-order valence-electron chi connectivity index (χ3n) is 5.77. The number of carbonyl (C=O) groups excluding carboxylic acids is 1. The van der Waals surface area contributed by atoms with Crippen LogP contribution in [0.4, 0.5) is 0 Å². The van der Waals surface area contributed by atoms with Crippen LogP contribution < -0.4 is 0 Å². The van der Waals surface area contributed by atoms with E-state index in [1.54, 1.807) is 0 Å². The second-order valence-corrected chi connectivity index (χ2v) is 7.38. The molecule has 3 atom stereocenters. The van der Waals surface area contributed by atoms with Crippen molar-refractivity contribution in [1.82, 2.24) is 4.90 Å². The van der Waals surface area contributed by atoms with Crippen LogP contribution in [-0.2, 0) is 4.79 Å². The Morgan fingerprint density at radius 3 is 2.20 bits per heavy atom. The number of likely N-dealkylation sites (tertiary alicyclic amines) is 1. The molecule has 1 amide bonds. The lowest BCUT2D eigenvalue weighted by molar-refractivity contribution is -0.134. The van der Waals surface area contributed by atoms with Crippen LogP contribution in [0.1, 0.15) is 42.4 Å². The molecule has 130 valence electrons. The third kappa shape index (κ3) is 3.47. The molecule has 0 radical (unpaired) electrons. The Balaban J connectivity index is 1.31. The van der Waals surface area contributed by atoms with Crippen LogP contribution in [0.2, 0.25) is 0 Å². The van der Waals surface area contributed by atoms with Gasteiger partial charge in [0, 0.05) is 19.0 Å². The molecule has 2 fully saturated rings. The van der Waals surface area contributed by atoms with E-state index in [0.717, 1.165) is 37.9 Å². The summed E-state index contributed by atoms with van der Waals surface area (Å²) in [7, 11) is 0. The summed E-state index contributed by atoms with van der Waals surface area (Å²) < 4.78 is 0. The molecular weight excluding hydrogens is 310 g/mol. The van der Waals surface area contributed by atoms with Crippen molar-refractivity contribution in [1.29, 1.82) is 0 Å². The highest BCUT2D eigenvalue weighted by molar-refractivity contribution is 5.83. The SMILES string of the molecule is O=C(C1CC1c1ccccc1)N1CCC(C(O)c2ccccc2)CC1. The first-order valence-corrected chi connectivity index (χ1v) is 9.31. The second-order valence-electron chi connectivity index (χ2n) is 7.38. The summed E-state index contributed by atoms with van der Waals surface area (Å²) in [5, 5.41) is 10.6. The van der Waals surface area contributed by atoms with Crippen molar-refractivity contribution in [2.45, 2.75) is 31.3 Å². The molecule has 3 nitrogen and oxygen atoms in total. The van der Waals surface area contributed by atoms with Crippen molar-refractivity contribution in [3.8, 4) is 0 Å². The maximum atomic E-state index is 12.8. The van der Waals surface area contributed by atoms with E-state index in [1.165, 1.54) is 5.56 Å². The average molecular weight is 335 g/mol. The molecular formula is C22H25NO2. The van der Waals surface area contributed by atoms with Gasteiger partial charge in [0.2, 0.25) is 5.91 Å². The molecule has 0 aromatic heterocycles. The molecule has 0 bridgehead atoms. The van der Waals surface area contributed by atoms with Gasteiger partial charge in [-0.15, -0.1) is 0 Å². The first kappa shape index (κ1) is 16.3. The molecule has 1 N–H and O–H groups in total. The van der Waals surface area contributed by atoms with Gasteiger partial charge in [-0.3, -0.25) is 4.79 Å². The first-order valence-electron chi connectivity index (χ1n) is 9.31. The molecule has 2 aromatic carbocycles. The lowest BCUT2D eigenvalue weighted by Gasteiger charge is -2.34. The Hall–Kier alpha value is -2.13. The second kappa shape index (κ2) is 7.01. The number of hydrogen-bond acceptors (Lipinski definition) is 2. The van der Waals surface area contributed by atoms with Gasteiger partial charge in [-0.05, 0) is 42.2 Å². The zero-order valence-electron chi connectivity index (χ0n) is 14.4. The van der Waals surface area contributed by atoms with Gasteiger partial charge in [0.15, 0.2) is 0 Å². The van der Waals surface area contributed by atoms with Gasteiger partial charge in [0.05, 0.1) is 6.10 Å². The van der Waals surface area contributed by atoms with E-state index in [-0.39, 0.29) is 11.8 Å². The van der Waals surface area contributed by atoms with Gasteiger partial charge in [-0.25, -0.2) is 0 Å². The van der Waals surface area contributed by atoms with Crippen molar-refractivity contribution in [2.75, 3.05) is 13.1 Å². The molecule has 3 unspecified atom stereocenters. The van der Waals surface area contributed by atoms with Gasteiger partial charge in [0.25, 0.3) is 0 Å². The summed E-state index contributed by atoms with van der Waals surface area (Å²) in [6.45, 7) is 1.54. The lowest BCUT2D eigenvalue weighted by Crippen LogP contribution is -2.40. The highest BCUT2D eigenvalue weighted by atomic mass is 16.3. The third-order valence-corrected chi connectivity index (χ3v) is 5.77. The number of nitrogens with zero attached hydrogens (tertiary/aromatic N) is 1. The van der Waals surface area contributed by atoms with Crippen LogP contribution in [0.25, 0.3) is 0 Å². The van der Waals surface area contributed by atoms with Crippen LogP contribution in [0.5, 0.6) is 0 Å². The minimum Gasteiger partial charge on any atom is -0.388 e. The normalized spacial score (nSPS) is 24.8. The largest absolute Gasteiger partial charge is 0.388 e. The number of benzene rings is 2. The molecule has 1 aliphatic carbocycles. The minimum absolute atomic E-state index is 0.165. The molecule has 25 heavy (non-hydrogen) atoms. The maximum Gasteiger partial charge on any atom is 0.226 e. The van der Waals surface area contributed by atoms with E-state index >= 15 is 0 Å². The van der Waals surface area contributed by atoms with Crippen LogP contribution in [0, 0.1) is 11.8 Å². The Labute approximate surface area is 149 Å². The van der Waals surface area contributed by atoms with Crippen molar-refractivity contribution in [2.24, 2.45) is 11.8 Å². The maximum absolute atomic E-state index is 12.8. The number of aliphatic hydroxyl groups excluding tert-OH is 1. The number of carbonyl (C=O) groups is 1. The Morgan fingerprint density at radius 2 is 1.56 bits per heavy atom. The van der Waals surface area contributed by atoms with Crippen LogP contribution in [0.15, 0.2) is 60.7 Å². The summed E-state index contributed by atoms with van der Waals surface area (Å²) in [5.41, 5.74) is 2.27. The quantitative estimate of drug-likeness (QED) is 0.924. The van der Waals surface area contributed by atoms with Gasteiger partial charge >= 0.3 is 0 Å². The van der Waals surface area contributed by atoms with Crippen molar-refractivity contribution < 1.29 is 9.90 Å². The van der Waals surface area contributed by atoms with E-state index in [0.29, 0.717) is 11.8 Å². The zero-order chi connectivity index (χ0) is 17.2. The van der Waals surface area contributed by atoms with Gasteiger partial charge in [0.1, 0.15) is 0 Å². The summed E-state index contributed by atoms with van der Waals surface area (Å²) in [5.74, 6) is 1.12. The number of rotatable bonds is 4. The molecule has 3 heteroatoms. The predicted molar refractivity (Wildman–Crippen MR) is 98.0 cm³/mol. The van der Waals surface area contributed by atoms with E-state index in [2.05, 4.69) is 12.1 Å². The average Bonchev–Trinajstić information content (AvgIpc) is 3.49. The van der Waals surface area contributed by atoms with Crippen molar-refractivity contribution in [3.05, 3.63) is 71.8 Å². The summed E-state index contributed by atoms with van der Waals surface area (Å²) in [6, 6.07) is 20.2. The molecule has 1 saturated carbocycles. The van der Waals surface area contributed by atoms with E-state index < -0.39 is 6.10 Å². The molecule has 1 heterocycles. The Bertz CT molecular complexity index is 707. The molecule has 1 aliphatic heterocycles. The highest BCUT2D eigenvalue weighted by Gasteiger charge is 2.46. The van der Waals surface area contributed by atoms with Crippen LogP contribution in [0.3, 0.4) is 0 Å². The van der Waals surface area contributed by atoms with Crippen LogP contribution in [-0.4, -0.2) is 29.0 Å². The topological polar surface area (TPSA) is 40.5 Å². The van der Waals surface area contributed by atoms with Crippen molar-refractivity contribution >= 4 is 5.91 Å². The van der Waals surface area contributed by atoms with Gasteiger partial charge < -0.3 is 10.0 Å². The molecule has 4 rings (SSSR count). The minimum atomic E-state index is -0.420. The Kier molecular flexibility index (Phi) is 4.58. The van der Waals surface area contributed by atoms with E-state index in [1.807, 2.05) is 53.4 Å². The van der Waals surface area contributed by atoms with E-state index in [4.69, 9.17) is 0 Å². The lowest BCUT2D eigenvalue weighted by atomic mass is 9.87. The van der Waals surface area contributed by atoms with Crippen molar-refractivity contribution in [3.63, 3.8) is 0 Å². The van der Waals surface area contributed by atoms with Crippen LogP contribution >= 0.6 is 0 Å². The smallest absolute Gasteiger partial charge is 0.226 e.